The Morgan fingerprint density at radius 3 is 2.82 bits per heavy atom. The summed E-state index contributed by atoms with van der Waals surface area (Å²) in [5.41, 5.74) is 0. The Morgan fingerprint density at radius 1 is 1.41 bits per heavy atom. The van der Waals surface area contributed by atoms with E-state index >= 15 is 0 Å². The van der Waals surface area contributed by atoms with Crippen molar-refractivity contribution in [2.75, 3.05) is 39.3 Å². The van der Waals surface area contributed by atoms with Gasteiger partial charge in [-0.3, -0.25) is 14.5 Å². The summed E-state index contributed by atoms with van der Waals surface area (Å²) < 4.78 is 0. The third-order valence-electron chi connectivity index (χ3n) is 2.78. The fraction of sp³-hybridized carbons (Fsp3) is 0.818. The van der Waals surface area contributed by atoms with E-state index in [1.165, 1.54) is 6.92 Å². The van der Waals surface area contributed by atoms with Gasteiger partial charge in [-0.05, 0) is 6.92 Å². The molecule has 0 aliphatic carbocycles. The van der Waals surface area contributed by atoms with Gasteiger partial charge in [-0.25, -0.2) is 0 Å². The zero-order chi connectivity index (χ0) is 12.7. The predicted octanol–water partition coefficient (Wildman–Crippen LogP) is -1.47. The lowest BCUT2D eigenvalue weighted by Crippen LogP contribution is -2.58. The molecule has 6 nitrogen and oxygen atoms in total. The first-order valence-electron chi connectivity index (χ1n) is 6.12. The number of nitrogens with one attached hydrogen (secondary N) is 3. The van der Waals surface area contributed by atoms with Gasteiger partial charge >= 0.3 is 0 Å². The molecule has 0 radical (unpaired) electrons. The van der Waals surface area contributed by atoms with Gasteiger partial charge in [0.1, 0.15) is 6.04 Å². The standard InChI is InChI=1S/C11H22N4O2/c1-3-13-11(17)10-8-12-4-6-15(10)7-5-14-9(2)16/h10,12H,3-8H2,1-2H3,(H,13,17)(H,14,16). The second-order valence-corrected chi connectivity index (χ2v) is 4.13. The molecule has 1 heterocycles. The van der Waals surface area contributed by atoms with Crippen molar-refractivity contribution < 1.29 is 9.59 Å². The molecular formula is C11H22N4O2. The van der Waals surface area contributed by atoms with Crippen LogP contribution in [0.2, 0.25) is 0 Å². The molecule has 0 aromatic heterocycles. The van der Waals surface area contributed by atoms with E-state index in [1.54, 1.807) is 0 Å². The first-order valence-corrected chi connectivity index (χ1v) is 6.12. The van der Waals surface area contributed by atoms with Gasteiger partial charge in [0, 0.05) is 46.2 Å². The van der Waals surface area contributed by atoms with Crippen LogP contribution >= 0.6 is 0 Å². The highest BCUT2D eigenvalue weighted by atomic mass is 16.2. The number of carbonyl (C=O) groups is 2. The summed E-state index contributed by atoms with van der Waals surface area (Å²) in [6, 6.07) is -0.127. The molecule has 1 atom stereocenters. The molecule has 0 spiro atoms. The molecule has 1 fully saturated rings. The van der Waals surface area contributed by atoms with Crippen LogP contribution in [-0.4, -0.2) is 62.0 Å². The number of rotatable bonds is 5. The molecule has 2 amide bonds. The molecule has 1 unspecified atom stereocenters. The minimum Gasteiger partial charge on any atom is -0.355 e. The second-order valence-electron chi connectivity index (χ2n) is 4.13. The van der Waals surface area contributed by atoms with Gasteiger partial charge < -0.3 is 16.0 Å². The van der Waals surface area contributed by atoms with Crippen LogP contribution in [0.25, 0.3) is 0 Å². The van der Waals surface area contributed by atoms with Crippen molar-refractivity contribution in [2.45, 2.75) is 19.9 Å². The summed E-state index contributed by atoms with van der Waals surface area (Å²) in [7, 11) is 0. The zero-order valence-electron chi connectivity index (χ0n) is 10.6. The molecule has 1 aliphatic heterocycles. The molecule has 98 valence electrons. The Kier molecular flexibility index (Phi) is 5.93. The van der Waals surface area contributed by atoms with Crippen LogP contribution in [0.5, 0.6) is 0 Å². The highest BCUT2D eigenvalue weighted by molar-refractivity contribution is 5.82. The van der Waals surface area contributed by atoms with Crippen molar-refractivity contribution in [3.63, 3.8) is 0 Å². The SMILES string of the molecule is CCNC(=O)C1CNCCN1CCNC(C)=O. The fourth-order valence-corrected chi connectivity index (χ4v) is 1.94. The molecule has 17 heavy (non-hydrogen) atoms. The van der Waals surface area contributed by atoms with Gasteiger partial charge in [0.2, 0.25) is 11.8 Å². The number of piperazine rings is 1. The molecule has 1 saturated heterocycles. The lowest BCUT2D eigenvalue weighted by molar-refractivity contribution is -0.126. The van der Waals surface area contributed by atoms with Crippen LogP contribution in [0, 0.1) is 0 Å². The van der Waals surface area contributed by atoms with Crippen LogP contribution in [-0.2, 0) is 9.59 Å². The Morgan fingerprint density at radius 2 is 2.18 bits per heavy atom. The third-order valence-corrected chi connectivity index (χ3v) is 2.78. The summed E-state index contributed by atoms with van der Waals surface area (Å²) in [5, 5.41) is 8.80. The van der Waals surface area contributed by atoms with Crippen molar-refractivity contribution in [2.24, 2.45) is 0 Å². The van der Waals surface area contributed by atoms with E-state index in [9.17, 15) is 9.59 Å². The van der Waals surface area contributed by atoms with Crippen LogP contribution < -0.4 is 16.0 Å². The van der Waals surface area contributed by atoms with Gasteiger partial charge in [0.25, 0.3) is 0 Å². The van der Waals surface area contributed by atoms with E-state index in [0.29, 0.717) is 26.2 Å². The van der Waals surface area contributed by atoms with Crippen LogP contribution in [0.1, 0.15) is 13.8 Å². The molecule has 3 N–H and O–H groups in total. The van der Waals surface area contributed by atoms with E-state index in [2.05, 4.69) is 20.9 Å². The lowest BCUT2D eigenvalue weighted by Gasteiger charge is -2.35. The fourth-order valence-electron chi connectivity index (χ4n) is 1.94. The van der Waals surface area contributed by atoms with Crippen molar-refractivity contribution in [3.05, 3.63) is 0 Å². The predicted molar refractivity (Wildman–Crippen MR) is 65.6 cm³/mol. The molecule has 0 saturated carbocycles. The molecule has 0 aromatic carbocycles. The summed E-state index contributed by atoms with van der Waals surface area (Å²) in [6.07, 6.45) is 0. The Labute approximate surface area is 102 Å². The summed E-state index contributed by atoms with van der Waals surface area (Å²) in [4.78, 5) is 24.7. The van der Waals surface area contributed by atoms with Crippen molar-refractivity contribution in [1.82, 2.24) is 20.9 Å². The summed E-state index contributed by atoms with van der Waals surface area (Å²) in [6.45, 7) is 7.75. The van der Waals surface area contributed by atoms with E-state index in [4.69, 9.17) is 0 Å². The Balaban J connectivity index is 2.42. The van der Waals surface area contributed by atoms with Gasteiger partial charge in [0.05, 0.1) is 0 Å². The maximum absolute atomic E-state index is 11.8. The average molecular weight is 242 g/mol. The number of hydrogen-bond donors (Lipinski definition) is 3. The second kappa shape index (κ2) is 7.24. The van der Waals surface area contributed by atoms with Crippen LogP contribution in [0.4, 0.5) is 0 Å². The third kappa shape index (κ3) is 4.70. The van der Waals surface area contributed by atoms with Gasteiger partial charge in [-0.1, -0.05) is 0 Å². The number of likely N-dealkylation sites (N-methyl/N-ethyl adjacent to an activating group) is 1. The quantitative estimate of drug-likeness (QED) is 0.550. The molecule has 0 bridgehead atoms. The zero-order valence-corrected chi connectivity index (χ0v) is 10.6. The van der Waals surface area contributed by atoms with Crippen molar-refractivity contribution >= 4 is 11.8 Å². The average Bonchev–Trinajstić information content (AvgIpc) is 2.29. The molecule has 1 aliphatic rings. The Bertz CT molecular complexity index is 270. The molecule has 6 heteroatoms. The van der Waals surface area contributed by atoms with Crippen LogP contribution in [0.3, 0.4) is 0 Å². The number of nitrogens with zero attached hydrogens (tertiary/aromatic N) is 1. The molecule has 0 aromatic rings. The maximum atomic E-state index is 11.8. The number of amides is 2. The molecule has 1 rings (SSSR count). The highest BCUT2D eigenvalue weighted by Gasteiger charge is 2.27. The topological polar surface area (TPSA) is 73.5 Å². The number of hydrogen-bond acceptors (Lipinski definition) is 4. The van der Waals surface area contributed by atoms with Gasteiger partial charge in [0.15, 0.2) is 0 Å². The van der Waals surface area contributed by atoms with Gasteiger partial charge in [-0.15, -0.1) is 0 Å². The van der Waals surface area contributed by atoms with E-state index in [0.717, 1.165) is 13.1 Å². The van der Waals surface area contributed by atoms with Gasteiger partial charge in [-0.2, -0.15) is 0 Å². The van der Waals surface area contributed by atoms with E-state index < -0.39 is 0 Å². The number of carbonyl (C=O) groups excluding carboxylic acids is 2. The largest absolute Gasteiger partial charge is 0.355 e. The first-order chi connectivity index (χ1) is 8.15. The summed E-state index contributed by atoms with van der Waals surface area (Å²) >= 11 is 0. The monoisotopic (exact) mass is 242 g/mol. The van der Waals surface area contributed by atoms with E-state index in [1.807, 2.05) is 6.92 Å². The normalized spacial score (nSPS) is 20.9. The van der Waals surface area contributed by atoms with Crippen molar-refractivity contribution in [3.8, 4) is 0 Å². The van der Waals surface area contributed by atoms with Crippen molar-refractivity contribution in [1.29, 1.82) is 0 Å². The highest BCUT2D eigenvalue weighted by Crippen LogP contribution is 2.02. The minimum atomic E-state index is -0.127. The molecular weight excluding hydrogens is 220 g/mol. The minimum absolute atomic E-state index is 0.0327. The maximum Gasteiger partial charge on any atom is 0.238 e. The van der Waals surface area contributed by atoms with Crippen LogP contribution in [0.15, 0.2) is 0 Å². The Hall–Kier alpha value is -1.14. The lowest BCUT2D eigenvalue weighted by atomic mass is 10.1. The first kappa shape index (κ1) is 13.9. The summed E-state index contributed by atoms with van der Waals surface area (Å²) in [5.74, 6) is 0.0252. The smallest absolute Gasteiger partial charge is 0.238 e. The van der Waals surface area contributed by atoms with E-state index in [-0.39, 0.29) is 17.9 Å².